The van der Waals surface area contributed by atoms with Crippen LogP contribution >= 0.6 is 0 Å². The quantitative estimate of drug-likeness (QED) is 0.787. The number of amides is 1. The van der Waals surface area contributed by atoms with Crippen molar-refractivity contribution in [2.24, 2.45) is 0 Å². The Balaban J connectivity index is 2.68. The summed E-state index contributed by atoms with van der Waals surface area (Å²) in [6.07, 6.45) is 6.09. The van der Waals surface area contributed by atoms with Crippen LogP contribution in [0.25, 0.3) is 0 Å². The number of hydrogen-bond acceptors (Lipinski definition) is 3. The van der Waals surface area contributed by atoms with Crippen LogP contribution < -0.4 is 5.32 Å². The van der Waals surface area contributed by atoms with E-state index in [4.69, 9.17) is 0 Å². The standard InChI is InChI=1S/C16H32N2O2/c1-5-12(2)17-16(20)14(4)18-10-8-6-7-9-15(18)11-13(3)19/h12-15,19H,5-11H2,1-4H3,(H,17,20). The second kappa shape index (κ2) is 8.63. The average Bonchev–Trinajstić information content (AvgIpc) is 2.62. The molecule has 2 N–H and O–H groups in total. The van der Waals surface area contributed by atoms with Crippen LogP contribution in [-0.2, 0) is 4.79 Å². The molecule has 0 spiro atoms. The molecule has 0 aromatic carbocycles. The van der Waals surface area contributed by atoms with Crippen molar-refractivity contribution in [2.75, 3.05) is 6.54 Å². The molecule has 4 unspecified atom stereocenters. The highest BCUT2D eigenvalue weighted by Gasteiger charge is 2.30. The molecule has 1 amide bonds. The molecule has 4 heteroatoms. The largest absolute Gasteiger partial charge is 0.393 e. The van der Waals surface area contributed by atoms with E-state index in [1.54, 1.807) is 0 Å². The highest BCUT2D eigenvalue weighted by molar-refractivity contribution is 5.81. The normalized spacial score (nSPS) is 25.6. The number of nitrogens with one attached hydrogen (secondary N) is 1. The number of aliphatic hydroxyl groups is 1. The average molecular weight is 284 g/mol. The lowest BCUT2D eigenvalue weighted by Gasteiger charge is -2.35. The number of likely N-dealkylation sites (tertiary alicyclic amines) is 1. The van der Waals surface area contributed by atoms with Gasteiger partial charge >= 0.3 is 0 Å². The van der Waals surface area contributed by atoms with Crippen molar-refractivity contribution in [2.45, 2.75) is 90.4 Å². The molecule has 1 aliphatic rings. The number of rotatable bonds is 6. The van der Waals surface area contributed by atoms with Crippen LogP contribution in [0.1, 0.15) is 66.2 Å². The molecule has 118 valence electrons. The summed E-state index contributed by atoms with van der Waals surface area (Å²) in [5, 5.41) is 12.8. The van der Waals surface area contributed by atoms with E-state index in [0.717, 1.165) is 32.2 Å². The predicted molar refractivity (Wildman–Crippen MR) is 82.6 cm³/mol. The highest BCUT2D eigenvalue weighted by Crippen LogP contribution is 2.22. The fraction of sp³-hybridized carbons (Fsp3) is 0.938. The molecule has 20 heavy (non-hydrogen) atoms. The van der Waals surface area contributed by atoms with Gasteiger partial charge in [0, 0.05) is 12.1 Å². The van der Waals surface area contributed by atoms with Gasteiger partial charge in [-0.05, 0) is 53.0 Å². The lowest BCUT2D eigenvalue weighted by atomic mass is 10.0. The minimum absolute atomic E-state index is 0.106. The zero-order valence-electron chi connectivity index (χ0n) is 13.6. The maximum atomic E-state index is 12.3. The van der Waals surface area contributed by atoms with Crippen molar-refractivity contribution in [3.63, 3.8) is 0 Å². The molecule has 0 aliphatic carbocycles. The molecule has 0 bridgehead atoms. The molecule has 0 aromatic heterocycles. The van der Waals surface area contributed by atoms with Gasteiger partial charge in [0.25, 0.3) is 0 Å². The zero-order chi connectivity index (χ0) is 15.1. The van der Waals surface area contributed by atoms with E-state index in [2.05, 4.69) is 17.1 Å². The molecule has 1 saturated heterocycles. The van der Waals surface area contributed by atoms with Crippen molar-refractivity contribution >= 4 is 5.91 Å². The third-order valence-electron chi connectivity index (χ3n) is 4.41. The summed E-state index contributed by atoms with van der Waals surface area (Å²) in [7, 11) is 0. The fourth-order valence-electron chi connectivity index (χ4n) is 2.97. The Bertz CT molecular complexity index is 294. The highest BCUT2D eigenvalue weighted by atomic mass is 16.3. The summed E-state index contributed by atoms with van der Waals surface area (Å²) >= 11 is 0. The predicted octanol–water partition coefficient (Wildman–Crippen LogP) is 2.31. The van der Waals surface area contributed by atoms with Gasteiger partial charge in [-0.3, -0.25) is 9.69 Å². The first-order valence-corrected chi connectivity index (χ1v) is 8.19. The number of nitrogens with zero attached hydrogens (tertiary/aromatic N) is 1. The molecular weight excluding hydrogens is 252 g/mol. The minimum atomic E-state index is -0.301. The Morgan fingerprint density at radius 1 is 1.30 bits per heavy atom. The van der Waals surface area contributed by atoms with Crippen LogP contribution in [0.3, 0.4) is 0 Å². The molecule has 0 saturated carbocycles. The van der Waals surface area contributed by atoms with Gasteiger partial charge in [-0.1, -0.05) is 19.8 Å². The summed E-state index contributed by atoms with van der Waals surface area (Å²) in [6, 6.07) is 0.452. The van der Waals surface area contributed by atoms with Gasteiger partial charge < -0.3 is 10.4 Å². The number of carbonyl (C=O) groups is 1. The second-order valence-electron chi connectivity index (χ2n) is 6.32. The Morgan fingerprint density at radius 2 is 2.00 bits per heavy atom. The Hall–Kier alpha value is -0.610. The van der Waals surface area contributed by atoms with E-state index in [0.29, 0.717) is 6.04 Å². The van der Waals surface area contributed by atoms with Crippen molar-refractivity contribution in [1.29, 1.82) is 0 Å². The molecule has 4 nitrogen and oxygen atoms in total. The molecular formula is C16H32N2O2. The Morgan fingerprint density at radius 3 is 2.60 bits per heavy atom. The van der Waals surface area contributed by atoms with Gasteiger partial charge in [0.05, 0.1) is 12.1 Å². The molecule has 1 fully saturated rings. The first-order valence-electron chi connectivity index (χ1n) is 8.19. The van der Waals surface area contributed by atoms with Crippen molar-refractivity contribution in [1.82, 2.24) is 10.2 Å². The lowest BCUT2D eigenvalue weighted by molar-refractivity contribution is -0.127. The molecule has 4 atom stereocenters. The summed E-state index contributed by atoms with van der Waals surface area (Å²) < 4.78 is 0. The SMILES string of the molecule is CCC(C)NC(=O)C(C)N1CCCCCC1CC(C)O. The van der Waals surface area contributed by atoms with E-state index in [9.17, 15) is 9.90 Å². The molecule has 0 aromatic rings. The summed E-state index contributed by atoms with van der Waals surface area (Å²) in [6.45, 7) is 8.93. The second-order valence-corrected chi connectivity index (χ2v) is 6.32. The van der Waals surface area contributed by atoms with Crippen molar-refractivity contribution in [3.8, 4) is 0 Å². The molecule has 0 radical (unpaired) electrons. The molecule has 1 rings (SSSR count). The smallest absolute Gasteiger partial charge is 0.237 e. The van der Waals surface area contributed by atoms with Crippen molar-refractivity contribution < 1.29 is 9.90 Å². The van der Waals surface area contributed by atoms with Crippen LogP contribution in [0.4, 0.5) is 0 Å². The van der Waals surface area contributed by atoms with Gasteiger partial charge in [0.1, 0.15) is 0 Å². The lowest BCUT2D eigenvalue weighted by Crippen LogP contribution is -2.51. The third kappa shape index (κ3) is 5.41. The summed E-state index contributed by atoms with van der Waals surface area (Å²) in [4.78, 5) is 14.6. The maximum absolute atomic E-state index is 12.3. The molecule has 1 heterocycles. The Labute approximate surface area is 123 Å². The van der Waals surface area contributed by atoms with Gasteiger partial charge in [0.2, 0.25) is 5.91 Å². The first-order chi connectivity index (χ1) is 9.45. The third-order valence-corrected chi connectivity index (χ3v) is 4.41. The van der Waals surface area contributed by atoms with Gasteiger partial charge in [-0.2, -0.15) is 0 Å². The van der Waals surface area contributed by atoms with Crippen molar-refractivity contribution in [3.05, 3.63) is 0 Å². The van der Waals surface area contributed by atoms with E-state index in [1.165, 1.54) is 12.8 Å². The number of aliphatic hydroxyl groups excluding tert-OH is 1. The minimum Gasteiger partial charge on any atom is -0.393 e. The monoisotopic (exact) mass is 284 g/mol. The van der Waals surface area contributed by atoms with Gasteiger partial charge in [-0.15, -0.1) is 0 Å². The van der Waals surface area contributed by atoms with Crippen LogP contribution in [-0.4, -0.2) is 46.7 Å². The zero-order valence-corrected chi connectivity index (χ0v) is 13.6. The van der Waals surface area contributed by atoms with Crippen LogP contribution in [0.2, 0.25) is 0 Å². The van der Waals surface area contributed by atoms with E-state index in [-0.39, 0.29) is 24.1 Å². The maximum Gasteiger partial charge on any atom is 0.237 e. The first kappa shape index (κ1) is 17.4. The van der Waals surface area contributed by atoms with Crippen LogP contribution in [0, 0.1) is 0 Å². The number of hydrogen-bond donors (Lipinski definition) is 2. The van der Waals surface area contributed by atoms with Gasteiger partial charge in [-0.25, -0.2) is 0 Å². The van der Waals surface area contributed by atoms with Crippen LogP contribution in [0.15, 0.2) is 0 Å². The fourth-order valence-corrected chi connectivity index (χ4v) is 2.97. The topological polar surface area (TPSA) is 52.6 Å². The summed E-state index contributed by atoms with van der Waals surface area (Å²) in [5.74, 6) is 0.122. The van der Waals surface area contributed by atoms with Gasteiger partial charge in [0.15, 0.2) is 0 Å². The Kier molecular flexibility index (Phi) is 7.52. The van der Waals surface area contributed by atoms with E-state index >= 15 is 0 Å². The summed E-state index contributed by atoms with van der Waals surface area (Å²) in [5.41, 5.74) is 0. The van der Waals surface area contributed by atoms with E-state index < -0.39 is 0 Å². The molecule has 1 aliphatic heterocycles. The number of carbonyl (C=O) groups excluding carboxylic acids is 1. The van der Waals surface area contributed by atoms with E-state index in [1.807, 2.05) is 20.8 Å². The van der Waals surface area contributed by atoms with Crippen LogP contribution in [0.5, 0.6) is 0 Å².